The molecule has 0 aliphatic heterocycles. The first-order valence-electron chi connectivity index (χ1n) is 7.20. The van der Waals surface area contributed by atoms with Crippen LogP contribution in [-0.2, 0) is 0 Å². The predicted octanol–water partition coefficient (Wildman–Crippen LogP) is 4.03. The molecule has 1 aliphatic carbocycles. The topological polar surface area (TPSA) is 20.3 Å². The Bertz CT molecular complexity index is 429. The van der Waals surface area contributed by atoms with Gasteiger partial charge in [-0.2, -0.15) is 0 Å². The van der Waals surface area contributed by atoms with Crippen LogP contribution in [0.15, 0.2) is 24.3 Å². The maximum absolute atomic E-state index is 12.1. The van der Waals surface area contributed by atoms with Gasteiger partial charge in [0.25, 0.3) is 0 Å². The quantitative estimate of drug-likeness (QED) is 0.670. The predicted molar refractivity (Wildman–Crippen MR) is 79.9 cm³/mol. The number of carbonyl (C=O) groups is 1. The number of carbonyl (C=O) groups excluding carboxylic acids is 1. The molecule has 2 nitrogen and oxygen atoms in total. The average molecular weight is 280 g/mol. The molecule has 0 heterocycles. The number of rotatable bonds is 8. The number of hydrogen-bond acceptors (Lipinski definition) is 2. The number of nitrogens with zero attached hydrogens (tertiary/aromatic N) is 1. The normalized spacial score (nSPS) is 14.9. The summed E-state index contributed by atoms with van der Waals surface area (Å²) in [6.45, 7) is 5.32. The van der Waals surface area contributed by atoms with Crippen molar-refractivity contribution < 1.29 is 4.79 Å². The molecule has 0 atom stereocenters. The Morgan fingerprint density at radius 2 is 2.16 bits per heavy atom. The fourth-order valence-electron chi connectivity index (χ4n) is 2.34. The third-order valence-electron chi connectivity index (χ3n) is 3.55. The Morgan fingerprint density at radius 1 is 1.37 bits per heavy atom. The van der Waals surface area contributed by atoms with E-state index in [9.17, 15) is 4.79 Å². The van der Waals surface area contributed by atoms with Gasteiger partial charge in [-0.3, -0.25) is 4.79 Å². The second kappa shape index (κ2) is 7.06. The van der Waals surface area contributed by atoms with Gasteiger partial charge in [0.15, 0.2) is 5.78 Å². The molecule has 2 rings (SSSR count). The van der Waals surface area contributed by atoms with Crippen molar-refractivity contribution in [3.63, 3.8) is 0 Å². The summed E-state index contributed by atoms with van der Waals surface area (Å²) in [5.74, 6) is 1.08. The highest BCUT2D eigenvalue weighted by Crippen LogP contribution is 2.29. The largest absolute Gasteiger partial charge is 0.303 e. The summed E-state index contributed by atoms with van der Waals surface area (Å²) in [5, 5.41) is 0.634. The summed E-state index contributed by atoms with van der Waals surface area (Å²) in [6.07, 6.45) is 4.47. The van der Waals surface area contributed by atoms with Crippen LogP contribution in [0.2, 0.25) is 5.02 Å². The first kappa shape index (κ1) is 14.5. The van der Waals surface area contributed by atoms with Crippen molar-refractivity contribution in [2.24, 2.45) is 5.92 Å². The van der Waals surface area contributed by atoms with E-state index in [0.717, 1.165) is 37.5 Å². The maximum Gasteiger partial charge on any atom is 0.164 e. The third kappa shape index (κ3) is 4.96. The second-order valence-electron chi connectivity index (χ2n) is 5.43. The van der Waals surface area contributed by atoms with Gasteiger partial charge < -0.3 is 4.90 Å². The molecule has 0 spiro atoms. The fourth-order valence-corrected chi connectivity index (χ4v) is 2.53. The fraction of sp³-hybridized carbons (Fsp3) is 0.562. The second-order valence-corrected chi connectivity index (χ2v) is 5.86. The lowest BCUT2D eigenvalue weighted by Crippen LogP contribution is -2.29. The van der Waals surface area contributed by atoms with E-state index in [1.807, 2.05) is 12.1 Å². The van der Waals surface area contributed by atoms with Crippen molar-refractivity contribution in [3.8, 4) is 0 Å². The maximum atomic E-state index is 12.1. The molecule has 0 bridgehead atoms. The highest BCUT2D eigenvalue weighted by Gasteiger charge is 2.24. The molecule has 19 heavy (non-hydrogen) atoms. The van der Waals surface area contributed by atoms with Gasteiger partial charge in [-0.25, -0.2) is 0 Å². The van der Waals surface area contributed by atoms with Gasteiger partial charge in [-0.1, -0.05) is 30.7 Å². The molecule has 1 fully saturated rings. The molecule has 0 amide bonds. The smallest absolute Gasteiger partial charge is 0.164 e. The minimum atomic E-state index is 0.194. The molecule has 1 aromatic rings. The zero-order valence-electron chi connectivity index (χ0n) is 11.6. The van der Waals surface area contributed by atoms with E-state index >= 15 is 0 Å². The molecule has 3 heteroatoms. The van der Waals surface area contributed by atoms with Crippen LogP contribution in [0.1, 0.15) is 43.0 Å². The summed E-state index contributed by atoms with van der Waals surface area (Å²) >= 11 is 5.92. The number of halogens is 1. The molecular formula is C16H22ClNO. The average Bonchev–Trinajstić information content (AvgIpc) is 3.20. The number of hydrogen-bond donors (Lipinski definition) is 0. The lowest BCUT2D eigenvalue weighted by Gasteiger charge is -2.21. The minimum absolute atomic E-state index is 0.194. The van der Waals surface area contributed by atoms with Gasteiger partial charge in [0.1, 0.15) is 0 Å². The molecule has 0 radical (unpaired) electrons. The Balaban J connectivity index is 1.83. The molecule has 0 saturated heterocycles. The van der Waals surface area contributed by atoms with Gasteiger partial charge in [-0.15, -0.1) is 0 Å². The van der Waals surface area contributed by atoms with E-state index < -0.39 is 0 Å². The van der Waals surface area contributed by atoms with Gasteiger partial charge in [0.05, 0.1) is 0 Å². The summed E-state index contributed by atoms with van der Waals surface area (Å²) < 4.78 is 0. The standard InChI is InChI=1S/C16H22ClNO/c1-2-9-18(12-13-6-7-13)10-8-16(19)14-4-3-5-15(17)11-14/h3-5,11,13H,2,6-10,12H2,1H3. The summed E-state index contributed by atoms with van der Waals surface area (Å²) in [5.41, 5.74) is 0.732. The van der Waals surface area contributed by atoms with Crippen molar-refractivity contribution >= 4 is 17.4 Å². The van der Waals surface area contributed by atoms with E-state index in [4.69, 9.17) is 11.6 Å². The first-order chi connectivity index (χ1) is 9.19. The highest BCUT2D eigenvalue weighted by atomic mass is 35.5. The Labute approximate surface area is 120 Å². The van der Waals surface area contributed by atoms with Crippen LogP contribution < -0.4 is 0 Å². The van der Waals surface area contributed by atoms with Gasteiger partial charge in [-0.05, 0) is 43.9 Å². The molecular weight excluding hydrogens is 258 g/mol. The highest BCUT2D eigenvalue weighted by molar-refractivity contribution is 6.31. The van der Waals surface area contributed by atoms with Gasteiger partial charge in [0, 0.05) is 30.1 Å². The van der Waals surface area contributed by atoms with Crippen molar-refractivity contribution in [2.45, 2.75) is 32.6 Å². The first-order valence-corrected chi connectivity index (χ1v) is 7.58. The van der Waals surface area contributed by atoms with Gasteiger partial charge >= 0.3 is 0 Å². The number of Topliss-reactive ketones (excluding diaryl/α,β-unsaturated/α-hetero) is 1. The van der Waals surface area contributed by atoms with Gasteiger partial charge in [0.2, 0.25) is 0 Å². The molecule has 104 valence electrons. The van der Waals surface area contributed by atoms with Crippen LogP contribution >= 0.6 is 11.6 Å². The number of ketones is 1. The van der Waals surface area contributed by atoms with Crippen LogP contribution in [-0.4, -0.2) is 30.3 Å². The molecule has 0 unspecified atom stereocenters. The lowest BCUT2D eigenvalue weighted by molar-refractivity contribution is 0.0962. The molecule has 0 N–H and O–H groups in total. The molecule has 1 aliphatic rings. The van der Waals surface area contributed by atoms with E-state index in [2.05, 4.69) is 11.8 Å². The van der Waals surface area contributed by atoms with Crippen molar-refractivity contribution in [3.05, 3.63) is 34.9 Å². The SMILES string of the molecule is CCCN(CCC(=O)c1cccc(Cl)c1)CC1CC1. The van der Waals surface area contributed by atoms with Crippen LogP contribution in [0.3, 0.4) is 0 Å². The van der Waals surface area contributed by atoms with Crippen molar-refractivity contribution in [2.75, 3.05) is 19.6 Å². The monoisotopic (exact) mass is 279 g/mol. The summed E-state index contributed by atoms with van der Waals surface area (Å²) in [6, 6.07) is 7.24. The van der Waals surface area contributed by atoms with Crippen LogP contribution in [0, 0.1) is 5.92 Å². The summed E-state index contributed by atoms with van der Waals surface area (Å²) in [4.78, 5) is 14.6. The molecule has 1 saturated carbocycles. The summed E-state index contributed by atoms with van der Waals surface area (Å²) in [7, 11) is 0. The minimum Gasteiger partial charge on any atom is -0.303 e. The van der Waals surface area contributed by atoms with Crippen LogP contribution in [0.5, 0.6) is 0 Å². The Hall–Kier alpha value is -0.860. The Morgan fingerprint density at radius 3 is 2.79 bits per heavy atom. The van der Waals surface area contributed by atoms with E-state index in [1.165, 1.54) is 12.8 Å². The lowest BCUT2D eigenvalue weighted by atomic mass is 10.1. The van der Waals surface area contributed by atoms with Crippen molar-refractivity contribution in [1.82, 2.24) is 4.90 Å². The van der Waals surface area contributed by atoms with E-state index in [1.54, 1.807) is 12.1 Å². The Kier molecular flexibility index (Phi) is 5.41. The van der Waals surface area contributed by atoms with E-state index in [0.29, 0.717) is 11.4 Å². The van der Waals surface area contributed by atoms with Crippen LogP contribution in [0.25, 0.3) is 0 Å². The molecule has 0 aromatic heterocycles. The molecule has 1 aromatic carbocycles. The van der Waals surface area contributed by atoms with Crippen LogP contribution in [0.4, 0.5) is 0 Å². The zero-order chi connectivity index (χ0) is 13.7. The number of benzene rings is 1. The van der Waals surface area contributed by atoms with E-state index in [-0.39, 0.29) is 5.78 Å². The zero-order valence-corrected chi connectivity index (χ0v) is 12.3. The van der Waals surface area contributed by atoms with Crippen molar-refractivity contribution in [1.29, 1.82) is 0 Å². The third-order valence-corrected chi connectivity index (χ3v) is 3.79.